The molecule has 3 amide bonds. The second-order valence-corrected chi connectivity index (χ2v) is 13.4. The van der Waals surface area contributed by atoms with E-state index in [4.69, 9.17) is 18.7 Å². The van der Waals surface area contributed by atoms with Crippen LogP contribution in [-0.2, 0) is 14.2 Å². The maximum Gasteiger partial charge on any atom is 0.414 e. The number of anilines is 4. The average molecular weight is 677 g/mol. The van der Waals surface area contributed by atoms with Crippen molar-refractivity contribution >= 4 is 52.0 Å². The van der Waals surface area contributed by atoms with Gasteiger partial charge in [0.05, 0.1) is 23.5 Å². The van der Waals surface area contributed by atoms with Gasteiger partial charge in [0.15, 0.2) is 11.3 Å². The van der Waals surface area contributed by atoms with Gasteiger partial charge < -0.3 is 29.4 Å². The van der Waals surface area contributed by atoms with E-state index < -0.39 is 34.9 Å². The Morgan fingerprint density at radius 2 is 1.71 bits per heavy atom. The number of methoxy groups -OCH3 is 1. The third kappa shape index (κ3) is 7.97. The molecule has 1 aliphatic rings. The van der Waals surface area contributed by atoms with Crippen LogP contribution in [0.1, 0.15) is 64.9 Å². The van der Waals surface area contributed by atoms with Crippen LogP contribution in [0, 0.1) is 0 Å². The van der Waals surface area contributed by atoms with E-state index in [1.54, 1.807) is 66.9 Å². The van der Waals surface area contributed by atoms with Crippen LogP contribution in [0.25, 0.3) is 16.9 Å². The topological polar surface area (TPSA) is 192 Å². The van der Waals surface area contributed by atoms with Crippen LogP contribution < -0.4 is 26.4 Å². The molecule has 4 heterocycles. The Bertz CT molecular complexity index is 1940. The van der Waals surface area contributed by atoms with Crippen LogP contribution in [0.4, 0.5) is 32.5 Å². The Morgan fingerprint density at radius 1 is 1.00 bits per heavy atom. The first-order chi connectivity index (χ1) is 23.0. The van der Waals surface area contributed by atoms with Crippen molar-refractivity contribution in [3.8, 4) is 5.82 Å². The minimum absolute atomic E-state index is 0.0472. The van der Waals surface area contributed by atoms with E-state index in [2.05, 4.69) is 31.1 Å². The molecule has 16 nitrogen and oxygen atoms in total. The van der Waals surface area contributed by atoms with Gasteiger partial charge >= 0.3 is 12.2 Å². The first-order valence-electron chi connectivity index (χ1n) is 15.6. The van der Waals surface area contributed by atoms with Gasteiger partial charge in [-0.15, -0.1) is 0 Å². The number of rotatable bonds is 8. The highest BCUT2D eigenvalue weighted by Gasteiger charge is 2.34. The molecule has 3 N–H and O–H groups in total. The second kappa shape index (κ2) is 13.5. The first kappa shape index (κ1) is 34.8. The minimum Gasteiger partial charge on any atom is -0.444 e. The van der Waals surface area contributed by atoms with E-state index in [0.29, 0.717) is 0 Å². The molecule has 0 saturated heterocycles. The van der Waals surface area contributed by atoms with Crippen LogP contribution in [0.3, 0.4) is 0 Å². The summed E-state index contributed by atoms with van der Waals surface area (Å²) in [5.41, 5.74) is -1.42. The smallest absolute Gasteiger partial charge is 0.414 e. The monoisotopic (exact) mass is 676 g/mol. The van der Waals surface area contributed by atoms with Crippen molar-refractivity contribution in [3.05, 3.63) is 58.8 Å². The molecule has 2 atom stereocenters. The molecule has 0 aliphatic heterocycles. The normalized spacial score (nSPS) is 16.0. The summed E-state index contributed by atoms with van der Waals surface area (Å²) in [6, 6.07) is 7.59. The molecule has 260 valence electrons. The van der Waals surface area contributed by atoms with E-state index >= 15 is 0 Å². The lowest BCUT2D eigenvalue weighted by Gasteiger charge is -2.35. The molecular weight excluding hydrogens is 636 g/mol. The molecule has 1 fully saturated rings. The van der Waals surface area contributed by atoms with Gasteiger partial charge in [0, 0.05) is 32.6 Å². The Kier molecular flexibility index (Phi) is 9.62. The maximum atomic E-state index is 13.8. The van der Waals surface area contributed by atoms with Gasteiger partial charge in [0.25, 0.3) is 11.5 Å². The predicted molar refractivity (Wildman–Crippen MR) is 181 cm³/mol. The molecule has 4 aromatic rings. The highest BCUT2D eigenvalue weighted by Crippen LogP contribution is 2.32. The Hall–Kier alpha value is -5.51. The summed E-state index contributed by atoms with van der Waals surface area (Å²) in [6.07, 6.45) is 2.97. The Morgan fingerprint density at radius 3 is 2.37 bits per heavy atom. The fourth-order valence-electron chi connectivity index (χ4n) is 4.95. The van der Waals surface area contributed by atoms with Gasteiger partial charge in [-0.25, -0.2) is 19.6 Å². The van der Waals surface area contributed by atoms with Gasteiger partial charge in [-0.1, -0.05) is 5.16 Å². The summed E-state index contributed by atoms with van der Waals surface area (Å²) in [5, 5.41) is 12.6. The molecule has 1 aliphatic carbocycles. The number of carbonyl (C=O) groups excluding carboxylic acids is 3. The molecule has 16 heteroatoms. The molecule has 1 saturated carbocycles. The maximum absolute atomic E-state index is 13.8. The molecule has 0 radical (unpaired) electrons. The van der Waals surface area contributed by atoms with Gasteiger partial charge in [0.2, 0.25) is 5.76 Å². The van der Waals surface area contributed by atoms with E-state index in [1.165, 1.54) is 41.0 Å². The highest BCUT2D eigenvalue weighted by atomic mass is 16.6. The van der Waals surface area contributed by atoms with Crippen molar-refractivity contribution in [1.29, 1.82) is 0 Å². The van der Waals surface area contributed by atoms with Crippen molar-refractivity contribution in [2.24, 2.45) is 0 Å². The van der Waals surface area contributed by atoms with Gasteiger partial charge in [-0.2, -0.15) is 0 Å². The average Bonchev–Trinajstić information content (AvgIpc) is 3.42. The largest absolute Gasteiger partial charge is 0.444 e. The van der Waals surface area contributed by atoms with Crippen LogP contribution in [0.15, 0.2) is 52.0 Å². The molecule has 49 heavy (non-hydrogen) atoms. The number of nitrogens with one attached hydrogen (secondary N) is 3. The number of fused-ring (bicyclic) bond motifs is 1. The summed E-state index contributed by atoms with van der Waals surface area (Å²) in [5.74, 6) is -0.515. The van der Waals surface area contributed by atoms with E-state index in [0.717, 1.165) is 12.8 Å². The minimum atomic E-state index is -0.800. The fraction of sp³-hybridized carbons (Fsp3) is 0.424. The number of aromatic nitrogens is 4. The Labute approximate surface area is 282 Å². The SMILES string of the molecule is CO[C@@H]1CC[C@H]1NC(=O)c1onc2c(N(C)C(=O)OC(C)(C)C)cc(Nc3cccn(-c4ncccc4NC(=O)OC(C)(C)C)c3=O)nc12. The number of hydrogen-bond acceptors (Lipinski definition) is 12. The lowest BCUT2D eigenvalue weighted by molar-refractivity contribution is 0.00677. The van der Waals surface area contributed by atoms with E-state index in [1.807, 2.05) is 0 Å². The zero-order chi connectivity index (χ0) is 35.7. The van der Waals surface area contributed by atoms with Crippen molar-refractivity contribution in [2.75, 3.05) is 29.7 Å². The van der Waals surface area contributed by atoms with Crippen molar-refractivity contribution in [1.82, 2.24) is 25.0 Å². The van der Waals surface area contributed by atoms with Crippen LogP contribution >= 0.6 is 0 Å². The number of carbonyl (C=O) groups is 3. The second-order valence-electron chi connectivity index (χ2n) is 13.4. The summed E-state index contributed by atoms with van der Waals surface area (Å²) in [7, 11) is 3.06. The van der Waals surface area contributed by atoms with Crippen LogP contribution in [0.5, 0.6) is 0 Å². The highest BCUT2D eigenvalue weighted by molar-refractivity contribution is 6.07. The van der Waals surface area contributed by atoms with Crippen molar-refractivity contribution < 1.29 is 33.1 Å². The number of ether oxygens (including phenoxy) is 3. The van der Waals surface area contributed by atoms with Crippen molar-refractivity contribution in [2.45, 2.75) is 77.7 Å². The molecule has 4 aromatic heterocycles. The zero-order valence-corrected chi connectivity index (χ0v) is 28.6. The molecule has 5 rings (SSSR count). The lowest BCUT2D eigenvalue weighted by Crippen LogP contribution is -2.51. The van der Waals surface area contributed by atoms with Crippen LogP contribution in [0.2, 0.25) is 0 Å². The zero-order valence-electron chi connectivity index (χ0n) is 28.6. The Balaban J connectivity index is 1.53. The van der Waals surface area contributed by atoms with Crippen LogP contribution in [-0.4, -0.2) is 75.3 Å². The van der Waals surface area contributed by atoms with Gasteiger partial charge in [-0.3, -0.25) is 24.4 Å². The molecule has 0 bridgehead atoms. The molecular formula is C33H40N8O8. The first-order valence-corrected chi connectivity index (χ1v) is 15.6. The molecule has 0 spiro atoms. The lowest BCUT2D eigenvalue weighted by atomic mass is 9.89. The summed E-state index contributed by atoms with van der Waals surface area (Å²) in [4.78, 5) is 62.9. The van der Waals surface area contributed by atoms with E-state index in [9.17, 15) is 19.2 Å². The fourth-order valence-corrected chi connectivity index (χ4v) is 4.95. The van der Waals surface area contributed by atoms with Gasteiger partial charge in [-0.05, 0) is 78.6 Å². The summed E-state index contributed by atoms with van der Waals surface area (Å²) in [6.45, 7) is 10.4. The summed E-state index contributed by atoms with van der Waals surface area (Å²) < 4.78 is 23.0. The summed E-state index contributed by atoms with van der Waals surface area (Å²) >= 11 is 0. The third-order valence-corrected chi connectivity index (χ3v) is 7.34. The molecule has 0 aromatic carbocycles. The van der Waals surface area contributed by atoms with Crippen molar-refractivity contribution in [3.63, 3.8) is 0 Å². The third-order valence-electron chi connectivity index (χ3n) is 7.34. The molecule has 0 unspecified atom stereocenters. The predicted octanol–water partition coefficient (Wildman–Crippen LogP) is 5.14. The number of pyridine rings is 3. The number of hydrogen-bond donors (Lipinski definition) is 3. The number of nitrogens with zero attached hydrogens (tertiary/aromatic N) is 5. The standard InChI is InChI=1S/C33H40N8O8/c1-32(2,3)47-30(44)37-19-11-9-15-34-27(19)41-16-10-12-20(29(41)43)35-23-17-21(40(7)31(45)48-33(4,5)6)24-25(38-23)26(49-39-24)28(42)36-18-13-14-22(18)46-8/h9-12,15-18,22H,13-14H2,1-8H3,(H,35,38)(H,36,42)(H,37,44)/t18-,22-/m1/s1. The van der Waals surface area contributed by atoms with Gasteiger partial charge in [0.1, 0.15) is 28.2 Å². The number of amides is 3. The van der Waals surface area contributed by atoms with E-state index in [-0.39, 0.29) is 57.6 Å². The quantitative estimate of drug-likeness (QED) is 0.223.